The molecule has 0 spiro atoms. The minimum absolute atomic E-state index is 0.00730. The quantitative estimate of drug-likeness (QED) is 0.507. The van der Waals surface area contributed by atoms with Gasteiger partial charge in [-0.25, -0.2) is 8.42 Å². The molecule has 0 aliphatic carbocycles. The molecule has 6 nitrogen and oxygen atoms in total. The summed E-state index contributed by atoms with van der Waals surface area (Å²) < 4.78 is 23.9. The van der Waals surface area contributed by atoms with E-state index in [2.05, 4.69) is 5.32 Å². The number of nitrogens with zero attached hydrogens (tertiary/aromatic N) is 1. The molecule has 1 N–H and O–H groups in total. The maximum atomic E-state index is 12.9. The first-order chi connectivity index (χ1) is 15.9. The van der Waals surface area contributed by atoms with Crippen LogP contribution in [0.15, 0.2) is 82.6 Å². The number of nitrogens with one attached hydrogen (secondary N) is 1. The Bertz CT molecular complexity index is 1290. The van der Waals surface area contributed by atoms with Gasteiger partial charge in [-0.1, -0.05) is 37.3 Å². The Labute approximate surface area is 197 Å². The van der Waals surface area contributed by atoms with Crippen molar-refractivity contribution in [3.05, 3.63) is 83.9 Å². The minimum atomic E-state index is -3.30. The van der Waals surface area contributed by atoms with Gasteiger partial charge in [0.1, 0.15) is 0 Å². The molecular weight excluding hydrogens is 456 g/mol. The Hall–Kier alpha value is -3.10. The van der Waals surface area contributed by atoms with Crippen LogP contribution in [-0.2, 0) is 21.1 Å². The number of hydrogen-bond donors (Lipinski definition) is 1. The van der Waals surface area contributed by atoms with Crippen molar-refractivity contribution in [2.75, 3.05) is 28.3 Å². The SMILES string of the molecule is CCS(=O)(=O)c1ccc(NC(=O)c2ccccc2SCC(=O)N2CCc3ccccc32)cc1. The standard InChI is InChI=1S/C25H24N2O4S2/c1-2-33(30,31)20-13-11-19(12-14-20)26-25(29)21-8-4-6-10-23(21)32-17-24(28)27-16-15-18-7-3-5-9-22(18)27/h3-14H,2,15-17H2,1H3,(H,26,29). The number of hydrogen-bond acceptors (Lipinski definition) is 5. The van der Waals surface area contributed by atoms with Crippen LogP contribution in [0.2, 0.25) is 0 Å². The second kappa shape index (κ2) is 9.80. The predicted molar refractivity (Wildman–Crippen MR) is 132 cm³/mol. The summed E-state index contributed by atoms with van der Waals surface area (Å²) >= 11 is 1.33. The molecule has 1 aliphatic heterocycles. The number of benzene rings is 3. The zero-order valence-electron chi connectivity index (χ0n) is 18.2. The van der Waals surface area contributed by atoms with Gasteiger partial charge in [0.05, 0.1) is 22.0 Å². The summed E-state index contributed by atoms with van der Waals surface area (Å²) in [5.41, 5.74) is 3.10. The van der Waals surface area contributed by atoms with Crippen molar-refractivity contribution < 1.29 is 18.0 Å². The van der Waals surface area contributed by atoms with E-state index in [1.165, 1.54) is 29.5 Å². The van der Waals surface area contributed by atoms with E-state index in [1.54, 1.807) is 36.1 Å². The first-order valence-electron chi connectivity index (χ1n) is 10.6. The third-order valence-corrected chi connectivity index (χ3v) is 8.33. The molecule has 4 rings (SSSR count). The number of sulfone groups is 1. The Morgan fingerprint density at radius 3 is 2.42 bits per heavy atom. The molecule has 0 aromatic heterocycles. The lowest BCUT2D eigenvalue weighted by Crippen LogP contribution is -2.30. The lowest BCUT2D eigenvalue weighted by atomic mass is 10.2. The van der Waals surface area contributed by atoms with Crippen molar-refractivity contribution in [1.29, 1.82) is 0 Å². The maximum Gasteiger partial charge on any atom is 0.256 e. The van der Waals surface area contributed by atoms with Crippen LogP contribution in [0.1, 0.15) is 22.8 Å². The van der Waals surface area contributed by atoms with Crippen molar-refractivity contribution in [3.63, 3.8) is 0 Å². The van der Waals surface area contributed by atoms with Gasteiger partial charge in [0.15, 0.2) is 9.84 Å². The molecule has 0 atom stereocenters. The molecule has 3 aromatic carbocycles. The van der Waals surface area contributed by atoms with Crippen LogP contribution in [-0.4, -0.2) is 38.3 Å². The summed E-state index contributed by atoms with van der Waals surface area (Å²) in [5, 5.41) is 2.81. The van der Waals surface area contributed by atoms with Gasteiger partial charge in [-0.05, 0) is 54.4 Å². The van der Waals surface area contributed by atoms with Crippen molar-refractivity contribution in [2.24, 2.45) is 0 Å². The van der Waals surface area contributed by atoms with Crippen molar-refractivity contribution in [2.45, 2.75) is 23.1 Å². The van der Waals surface area contributed by atoms with E-state index in [4.69, 9.17) is 0 Å². The van der Waals surface area contributed by atoms with E-state index in [1.807, 2.05) is 36.4 Å². The maximum absolute atomic E-state index is 12.9. The monoisotopic (exact) mass is 480 g/mol. The molecule has 170 valence electrons. The molecule has 0 radical (unpaired) electrons. The van der Waals surface area contributed by atoms with Gasteiger partial charge in [-0.2, -0.15) is 0 Å². The van der Waals surface area contributed by atoms with Crippen LogP contribution < -0.4 is 10.2 Å². The zero-order valence-corrected chi connectivity index (χ0v) is 19.8. The van der Waals surface area contributed by atoms with Gasteiger partial charge in [-0.3, -0.25) is 9.59 Å². The molecule has 0 saturated carbocycles. The van der Waals surface area contributed by atoms with E-state index in [9.17, 15) is 18.0 Å². The van der Waals surface area contributed by atoms with Gasteiger partial charge < -0.3 is 10.2 Å². The van der Waals surface area contributed by atoms with Gasteiger partial charge in [0.2, 0.25) is 5.91 Å². The number of thioether (sulfide) groups is 1. The summed E-state index contributed by atoms with van der Waals surface area (Å²) in [7, 11) is -3.30. The zero-order chi connectivity index (χ0) is 23.4. The second-order valence-corrected chi connectivity index (χ2v) is 10.9. The topological polar surface area (TPSA) is 83.5 Å². The summed E-state index contributed by atoms with van der Waals surface area (Å²) in [5.74, 6) is -0.0659. The van der Waals surface area contributed by atoms with Gasteiger partial charge in [-0.15, -0.1) is 11.8 Å². The van der Waals surface area contributed by atoms with E-state index in [0.29, 0.717) is 22.7 Å². The highest BCUT2D eigenvalue weighted by Crippen LogP contribution is 2.30. The number of anilines is 2. The van der Waals surface area contributed by atoms with E-state index in [-0.39, 0.29) is 28.2 Å². The smallest absolute Gasteiger partial charge is 0.256 e. The molecule has 0 bridgehead atoms. The molecular formula is C25H24N2O4S2. The third-order valence-electron chi connectivity index (χ3n) is 5.52. The normalized spacial score (nSPS) is 12.9. The first kappa shape index (κ1) is 23.1. The fourth-order valence-electron chi connectivity index (χ4n) is 3.71. The molecule has 1 heterocycles. The highest BCUT2D eigenvalue weighted by Gasteiger charge is 2.24. The Kier molecular flexibility index (Phi) is 6.85. The fraction of sp³-hybridized carbons (Fsp3) is 0.200. The van der Waals surface area contributed by atoms with Crippen LogP contribution in [0.4, 0.5) is 11.4 Å². The fourth-order valence-corrected chi connectivity index (χ4v) is 5.52. The molecule has 0 unspecified atom stereocenters. The van der Waals surface area contributed by atoms with Crippen LogP contribution >= 0.6 is 11.8 Å². The summed E-state index contributed by atoms with van der Waals surface area (Å²) in [6.07, 6.45) is 0.851. The number of amides is 2. The van der Waals surface area contributed by atoms with E-state index >= 15 is 0 Å². The molecule has 33 heavy (non-hydrogen) atoms. The molecule has 3 aromatic rings. The van der Waals surface area contributed by atoms with Crippen LogP contribution in [0, 0.1) is 0 Å². The van der Waals surface area contributed by atoms with Gasteiger partial charge in [0, 0.05) is 22.8 Å². The van der Waals surface area contributed by atoms with Crippen molar-refractivity contribution in [3.8, 4) is 0 Å². The molecule has 2 amide bonds. The number of rotatable bonds is 7. The average molecular weight is 481 g/mol. The van der Waals surface area contributed by atoms with E-state index in [0.717, 1.165) is 12.1 Å². The Morgan fingerprint density at radius 2 is 1.67 bits per heavy atom. The molecule has 8 heteroatoms. The van der Waals surface area contributed by atoms with Crippen LogP contribution in [0.3, 0.4) is 0 Å². The Morgan fingerprint density at radius 1 is 0.970 bits per heavy atom. The van der Waals surface area contributed by atoms with Crippen LogP contribution in [0.25, 0.3) is 0 Å². The lowest BCUT2D eigenvalue weighted by molar-refractivity contribution is -0.116. The van der Waals surface area contributed by atoms with Crippen molar-refractivity contribution in [1.82, 2.24) is 0 Å². The number of carbonyl (C=O) groups is 2. The summed E-state index contributed by atoms with van der Waals surface area (Å²) in [6, 6.07) is 21.2. The van der Waals surface area contributed by atoms with Gasteiger partial charge >= 0.3 is 0 Å². The van der Waals surface area contributed by atoms with E-state index < -0.39 is 9.84 Å². The highest BCUT2D eigenvalue weighted by atomic mass is 32.2. The molecule has 0 fully saturated rings. The predicted octanol–water partition coefficient (Wildman–Crippen LogP) is 4.41. The average Bonchev–Trinajstić information content (AvgIpc) is 3.27. The number of fused-ring (bicyclic) bond motifs is 1. The second-order valence-electron chi connectivity index (χ2n) is 7.59. The molecule has 0 saturated heterocycles. The van der Waals surface area contributed by atoms with Gasteiger partial charge in [0.25, 0.3) is 5.91 Å². The van der Waals surface area contributed by atoms with Crippen LogP contribution in [0.5, 0.6) is 0 Å². The summed E-state index contributed by atoms with van der Waals surface area (Å²) in [4.78, 5) is 28.5. The first-order valence-corrected chi connectivity index (χ1v) is 13.3. The third kappa shape index (κ3) is 5.12. The lowest BCUT2D eigenvalue weighted by Gasteiger charge is -2.17. The number of carbonyl (C=O) groups excluding carboxylic acids is 2. The highest BCUT2D eigenvalue weighted by molar-refractivity contribution is 8.00. The number of para-hydroxylation sites is 1. The summed E-state index contributed by atoms with van der Waals surface area (Å²) in [6.45, 7) is 2.26. The largest absolute Gasteiger partial charge is 0.322 e. The Balaban J connectivity index is 1.43. The van der Waals surface area contributed by atoms with Crippen molar-refractivity contribution >= 4 is 44.8 Å². The minimum Gasteiger partial charge on any atom is -0.322 e. The molecule has 1 aliphatic rings.